The smallest absolute Gasteiger partial charge is 0.339 e. The highest BCUT2D eigenvalue weighted by molar-refractivity contribution is 5.95. The number of fused-ring (bicyclic) bond motifs is 1. The largest absolute Gasteiger partial charge is 0.496 e. The summed E-state index contributed by atoms with van der Waals surface area (Å²) >= 11 is 0. The van der Waals surface area contributed by atoms with Crippen molar-refractivity contribution in [1.82, 2.24) is 0 Å². The molecule has 0 bridgehead atoms. The molecule has 0 fully saturated rings. The van der Waals surface area contributed by atoms with Crippen LogP contribution in [0.15, 0.2) is 47.7 Å². The number of carbonyl (C=O) groups is 3. The maximum Gasteiger partial charge on any atom is 0.339 e. The van der Waals surface area contributed by atoms with Gasteiger partial charge < -0.3 is 28.4 Å². The van der Waals surface area contributed by atoms with E-state index in [9.17, 15) is 14.4 Å². The van der Waals surface area contributed by atoms with Gasteiger partial charge in [-0.3, -0.25) is 9.59 Å². The summed E-state index contributed by atoms with van der Waals surface area (Å²) in [6.07, 6.45) is 0. The molecule has 1 unspecified atom stereocenters. The number of esters is 3. The molecule has 0 amide bonds. The number of methoxy groups -OCH3 is 1. The number of hydrogen-bond donors (Lipinski definition) is 0. The van der Waals surface area contributed by atoms with Gasteiger partial charge >= 0.3 is 17.9 Å². The number of rotatable bonds is 6. The minimum atomic E-state index is -0.862. The lowest BCUT2D eigenvalue weighted by atomic mass is 9.83. The standard InChI is InChI=1S/C23H20O9/c1-12(24)31-17-9-19-18(29-11-30-19)8-15(17)21(14-6-4-5-7-16(14)27-3)22-20(32-13(2)25)10-28-23(22)26/h4-9,21H,10-11H2,1-3H3. The summed E-state index contributed by atoms with van der Waals surface area (Å²) in [7, 11) is 1.50. The third-order valence-electron chi connectivity index (χ3n) is 4.93. The van der Waals surface area contributed by atoms with Crippen molar-refractivity contribution in [3.63, 3.8) is 0 Å². The zero-order valence-electron chi connectivity index (χ0n) is 17.6. The van der Waals surface area contributed by atoms with Gasteiger partial charge in [0, 0.05) is 31.0 Å². The molecule has 166 valence electrons. The van der Waals surface area contributed by atoms with Crippen LogP contribution in [0.5, 0.6) is 23.0 Å². The van der Waals surface area contributed by atoms with Crippen molar-refractivity contribution >= 4 is 17.9 Å². The Hall–Kier alpha value is -4.01. The van der Waals surface area contributed by atoms with Crippen molar-refractivity contribution in [2.24, 2.45) is 0 Å². The SMILES string of the molecule is COc1ccccc1C(C1=C(OC(C)=O)COC1=O)c1cc2c(cc1OC(C)=O)OCO2. The van der Waals surface area contributed by atoms with Crippen LogP contribution in [0.1, 0.15) is 30.9 Å². The fourth-order valence-electron chi connectivity index (χ4n) is 3.73. The average molecular weight is 440 g/mol. The van der Waals surface area contributed by atoms with E-state index in [1.807, 2.05) is 0 Å². The number of ether oxygens (including phenoxy) is 6. The van der Waals surface area contributed by atoms with E-state index >= 15 is 0 Å². The maximum atomic E-state index is 12.8. The summed E-state index contributed by atoms with van der Waals surface area (Å²) in [5, 5.41) is 0. The zero-order valence-corrected chi connectivity index (χ0v) is 17.6. The highest BCUT2D eigenvalue weighted by Gasteiger charge is 2.39. The fourth-order valence-corrected chi connectivity index (χ4v) is 3.73. The van der Waals surface area contributed by atoms with Crippen LogP contribution in [0.2, 0.25) is 0 Å². The molecular formula is C23H20O9. The Morgan fingerprint density at radius 2 is 1.59 bits per heavy atom. The van der Waals surface area contributed by atoms with Crippen LogP contribution < -0.4 is 18.9 Å². The number of para-hydroxylation sites is 1. The summed E-state index contributed by atoms with van der Waals surface area (Å²) < 4.78 is 32.4. The van der Waals surface area contributed by atoms with Gasteiger partial charge in [0.25, 0.3) is 0 Å². The lowest BCUT2D eigenvalue weighted by Gasteiger charge is -2.23. The van der Waals surface area contributed by atoms with Crippen molar-refractivity contribution in [2.45, 2.75) is 19.8 Å². The van der Waals surface area contributed by atoms with E-state index in [1.165, 1.54) is 27.0 Å². The highest BCUT2D eigenvalue weighted by atomic mass is 16.7. The van der Waals surface area contributed by atoms with Gasteiger partial charge in [0.2, 0.25) is 6.79 Å². The maximum absolute atomic E-state index is 12.8. The minimum absolute atomic E-state index is 0.00105. The van der Waals surface area contributed by atoms with Gasteiger partial charge in [-0.15, -0.1) is 0 Å². The van der Waals surface area contributed by atoms with Crippen LogP contribution in [-0.4, -0.2) is 38.4 Å². The van der Waals surface area contributed by atoms with Crippen LogP contribution in [0.3, 0.4) is 0 Å². The summed E-state index contributed by atoms with van der Waals surface area (Å²) in [6.45, 7) is 2.30. The molecule has 0 saturated carbocycles. The van der Waals surface area contributed by atoms with E-state index in [0.29, 0.717) is 28.4 Å². The normalized spacial score (nSPS) is 15.3. The van der Waals surface area contributed by atoms with Crippen molar-refractivity contribution in [3.8, 4) is 23.0 Å². The van der Waals surface area contributed by atoms with E-state index in [2.05, 4.69) is 0 Å². The molecule has 2 aliphatic rings. The van der Waals surface area contributed by atoms with Gasteiger partial charge in [-0.2, -0.15) is 0 Å². The van der Waals surface area contributed by atoms with Gasteiger partial charge in [-0.25, -0.2) is 4.79 Å². The molecule has 9 nitrogen and oxygen atoms in total. The first-order chi connectivity index (χ1) is 15.4. The highest BCUT2D eigenvalue weighted by Crippen LogP contribution is 2.48. The molecule has 32 heavy (non-hydrogen) atoms. The Bertz CT molecular complexity index is 1130. The minimum Gasteiger partial charge on any atom is -0.496 e. The molecule has 0 aliphatic carbocycles. The van der Waals surface area contributed by atoms with Crippen molar-refractivity contribution in [2.75, 3.05) is 20.5 Å². The first kappa shape index (κ1) is 21.2. The van der Waals surface area contributed by atoms with Crippen LogP contribution in [0.25, 0.3) is 0 Å². The predicted molar refractivity (Wildman–Crippen MR) is 108 cm³/mol. The van der Waals surface area contributed by atoms with Crippen LogP contribution in [0, 0.1) is 0 Å². The molecule has 2 aromatic carbocycles. The second-order valence-electron chi connectivity index (χ2n) is 7.02. The summed E-state index contributed by atoms with van der Waals surface area (Å²) in [4.78, 5) is 36.4. The van der Waals surface area contributed by atoms with E-state index < -0.39 is 23.8 Å². The Kier molecular flexibility index (Phi) is 5.72. The first-order valence-electron chi connectivity index (χ1n) is 9.72. The lowest BCUT2D eigenvalue weighted by molar-refractivity contribution is -0.139. The molecule has 0 saturated heterocycles. The van der Waals surface area contributed by atoms with Crippen molar-refractivity contribution < 1.29 is 42.8 Å². The second kappa shape index (κ2) is 8.62. The number of hydrogen-bond acceptors (Lipinski definition) is 9. The van der Waals surface area contributed by atoms with Gasteiger partial charge in [-0.05, 0) is 12.1 Å². The number of carbonyl (C=O) groups excluding carboxylic acids is 3. The Morgan fingerprint density at radius 1 is 0.906 bits per heavy atom. The Morgan fingerprint density at radius 3 is 2.28 bits per heavy atom. The Balaban J connectivity index is 2.00. The van der Waals surface area contributed by atoms with Crippen molar-refractivity contribution in [1.29, 1.82) is 0 Å². The van der Waals surface area contributed by atoms with Gasteiger partial charge in [-0.1, -0.05) is 18.2 Å². The molecule has 2 aromatic rings. The molecule has 0 aromatic heterocycles. The van der Waals surface area contributed by atoms with Crippen LogP contribution in [0.4, 0.5) is 0 Å². The van der Waals surface area contributed by atoms with Crippen molar-refractivity contribution in [3.05, 3.63) is 58.9 Å². The number of benzene rings is 2. The van der Waals surface area contributed by atoms with E-state index in [4.69, 9.17) is 28.4 Å². The van der Waals surface area contributed by atoms with Gasteiger partial charge in [0.05, 0.1) is 18.6 Å². The summed E-state index contributed by atoms with van der Waals surface area (Å²) in [5.74, 6) is -1.17. The predicted octanol–water partition coefficient (Wildman–Crippen LogP) is 2.86. The molecular weight excluding hydrogens is 420 g/mol. The third kappa shape index (κ3) is 3.96. The molecule has 0 radical (unpaired) electrons. The summed E-state index contributed by atoms with van der Waals surface area (Å²) in [6, 6.07) is 10.2. The summed E-state index contributed by atoms with van der Waals surface area (Å²) in [5.41, 5.74) is 1.07. The topological polar surface area (TPSA) is 107 Å². The third-order valence-corrected chi connectivity index (χ3v) is 4.93. The van der Waals surface area contributed by atoms with E-state index in [1.54, 1.807) is 30.3 Å². The first-order valence-corrected chi connectivity index (χ1v) is 9.72. The van der Waals surface area contributed by atoms with Gasteiger partial charge in [0.1, 0.15) is 18.1 Å². The van der Waals surface area contributed by atoms with Gasteiger partial charge in [0.15, 0.2) is 17.3 Å². The molecule has 1 atom stereocenters. The zero-order chi connectivity index (χ0) is 22.8. The van der Waals surface area contributed by atoms with E-state index in [0.717, 1.165) is 0 Å². The molecule has 2 heterocycles. The van der Waals surface area contributed by atoms with Crippen LogP contribution in [-0.2, 0) is 23.9 Å². The number of cyclic esters (lactones) is 1. The quantitative estimate of drug-likeness (QED) is 0.495. The van der Waals surface area contributed by atoms with E-state index in [-0.39, 0.29) is 30.5 Å². The monoisotopic (exact) mass is 440 g/mol. The second-order valence-corrected chi connectivity index (χ2v) is 7.02. The molecule has 4 rings (SSSR count). The molecule has 2 aliphatic heterocycles. The fraction of sp³-hybridized carbons (Fsp3) is 0.261. The average Bonchev–Trinajstić information content (AvgIpc) is 3.35. The lowest BCUT2D eigenvalue weighted by Crippen LogP contribution is -2.16. The Labute approximate surface area is 183 Å². The molecule has 0 spiro atoms. The molecule has 9 heteroatoms. The molecule has 0 N–H and O–H groups in total. The van der Waals surface area contributed by atoms with Crippen LogP contribution >= 0.6 is 0 Å².